The normalized spacial score (nSPS) is 35.0. The molecule has 0 aliphatic carbocycles. The Morgan fingerprint density at radius 1 is 0.720 bits per heavy atom. The van der Waals surface area contributed by atoms with Crippen LogP contribution in [0.4, 0.5) is 0 Å². The molecule has 0 N–H and O–H groups in total. The molecule has 2 saturated heterocycles. The number of hydrogen-bond acceptors (Lipinski definition) is 8. The third-order valence-corrected chi connectivity index (χ3v) is 6.14. The Kier molecular flexibility index (Phi) is 4.40. The molecule has 5 aliphatic rings. The molecule has 9 heteroatoms. The molecule has 5 heterocycles. The van der Waals surface area contributed by atoms with Crippen molar-refractivity contribution in [1.82, 2.24) is 9.34 Å². The zero-order valence-corrected chi connectivity index (χ0v) is 16.1. The lowest BCUT2D eigenvalue weighted by Gasteiger charge is -2.21. The lowest BCUT2D eigenvalue weighted by molar-refractivity contribution is 0.190. The summed E-state index contributed by atoms with van der Waals surface area (Å²) in [5, 5.41) is 0. The van der Waals surface area contributed by atoms with E-state index in [9.17, 15) is 0 Å². The zero-order chi connectivity index (χ0) is 17.6. The summed E-state index contributed by atoms with van der Waals surface area (Å²) in [4.78, 5) is 8.49. The summed E-state index contributed by atoms with van der Waals surface area (Å²) in [7, 11) is 0.680. The van der Waals surface area contributed by atoms with E-state index in [-0.39, 0.29) is 12.1 Å². The number of aliphatic imine (C=N–C) groups is 2. The molecule has 0 spiro atoms. The SMILES string of the molecule is C[C@H]1COC(C2=N[C@@H](C)CO2)=N1.C[C@H]1COC2=C3OC[C@H](C)N3PN21. The quantitative estimate of drug-likeness (QED) is 0.657. The van der Waals surface area contributed by atoms with Crippen LogP contribution in [0.15, 0.2) is 21.8 Å². The second-order valence-electron chi connectivity index (χ2n) is 6.96. The molecule has 0 amide bonds. The van der Waals surface area contributed by atoms with Gasteiger partial charge in [-0.25, -0.2) is 9.98 Å². The Morgan fingerprint density at radius 3 is 1.52 bits per heavy atom. The summed E-state index contributed by atoms with van der Waals surface area (Å²) in [5.41, 5.74) is 0. The van der Waals surface area contributed by atoms with Crippen molar-refractivity contribution < 1.29 is 18.9 Å². The number of ether oxygens (including phenoxy) is 4. The van der Waals surface area contributed by atoms with Crippen LogP contribution in [-0.2, 0) is 18.9 Å². The predicted molar refractivity (Wildman–Crippen MR) is 95.5 cm³/mol. The van der Waals surface area contributed by atoms with E-state index in [1.165, 1.54) is 0 Å². The second kappa shape index (κ2) is 6.56. The monoisotopic (exact) mass is 368 g/mol. The van der Waals surface area contributed by atoms with E-state index in [0.29, 0.717) is 46.0 Å². The van der Waals surface area contributed by atoms with E-state index in [2.05, 4.69) is 33.2 Å². The Bertz CT molecular complexity index is 586. The first-order valence-electron chi connectivity index (χ1n) is 8.79. The van der Waals surface area contributed by atoms with Crippen molar-refractivity contribution in [2.24, 2.45) is 9.98 Å². The molecule has 0 aromatic carbocycles. The Labute approximate surface area is 149 Å². The topological polar surface area (TPSA) is 68.1 Å². The maximum atomic E-state index is 5.60. The molecule has 0 aromatic rings. The Hall–Kier alpha value is -1.69. The van der Waals surface area contributed by atoms with Gasteiger partial charge in [0.25, 0.3) is 23.6 Å². The standard InChI is InChI=1S/C8H13N2O2P.C8H12N2O2/c1-5-3-11-7-8-10(13-9(5)7)6(2)4-12-8;1-5-3-11-7(9-5)8-10-6(2)4-12-8/h5-6,13H,3-4H2,1-2H3;5-6H,3-4H2,1-2H3/t2*5-,6-/m00/s1. The van der Waals surface area contributed by atoms with Gasteiger partial charge in [-0.05, 0) is 27.7 Å². The fourth-order valence-corrected chi connectivity index (χ4v) is 4.28. The molecule has 5 rings (SSSR count). The molecule has 25 heavy (non-hydrogen) atoms. The van der Waals surface area contributed by atoms with E-state index in [0.717, 1.165) is 25.0 Å². The average molecular weight is 368 g/mol. The number of nitrogens with zero attached hydrogens (tertiary/aromatic N) is 4. The first kappa shape index (κ1) is 16.8. The van der Waals surface area contributed by atoms with Gasteiger partial charge in [0.2, 0.25) is 0 Å². The summed E-state index contributed by atoms with van der Waals surface area (Å²) in [5.74, 6) is 3.09. The summed E-state index contributed by atoms with van der Waals surface area (Å²) in [6.07, 6.45) is 0. The number of hydrogen-bond donors (Lipinski definition) is 0. The maximum absolute atomic E-state index is 5.60. The van der Waals surface area contributed by atoms with Crippen LogP contribution in [-0.4, -0.2) is 71.7 Å². The minimum absolute atomic E-state index is 0.238. The minimum atomic E-state index is 0.238. The van der Waals surface area contributed by atoms with Crippen LogP contribution in [0.3, 0.4) is 0 Å². The number of rotatable bonds is 1. The first-order valence-corrected chi connectivity index (χ1v) is 9.68. The van der Waals surface area contributed by atoms with E-state index in [1.54, 1.807) is 0 Å². The van der Waals surface area contributed by atoms with Crippen molar-refractivity contribution in [3.63, 3.8) is 0 Å². The maximum Gasteiger partial charge on any atom is 0.273 e. The minimum Gasteiger partial charge on any atom is -0.473 e. The Morgan fingerprint density at radius 2 is 1.16 bits per heavy atom. The van der Waals surface area contributed by atoms with Crippen LogP contribution in [0.25, 0.3) is 0 Å². The largest absolute Gasteiger partial charge is 0.473 e. The third-order valence-electron chi connectivity index (χ3n) is 4.42. The molecular formula is C16H25N4O4P. The second-order valence-corrected chi connectivity index (χ2v) is 8.12. The summed E-state index contributed by atoms with van der Waals surface area (Å²) in [6, 6.07) is 1.48. The molecule has 0 bridgehead atoms. The molecule has 2 fully saturated rings. The molecule has 138 valence electrons. The van der Waals surface area contributed by atoms with Crippen LogP contribution < -0.4 is 0 Å². The Balaban J connectivity index is 0.000000126. The van der Waals surface area contributed by atoms with Crippen molar-refractivity contribution in [2.75, 3.05) is 26.4 Å². The van der Waals surface area contributed by atoms with Crippen LogP contribution in [0, 0.1) is 0 Å². The highest BCUT2D eigenvalue weighted by Gasteiger charge is 2.44. The van der Waals surface area contributed by atoms with E-state index in [1.807, 2.05) is 13.8 Å². The van der Waals surface area contributed by atoms with Gasteiger partial charge in [0.05, 0.1) is 33.0 Å². The predicted octanol–water partition coefficient (Wildman–Crippen LogP) is 1.70. The molecule has 8 nitrogen and oxygen atoms in total. The van der Waals surface area contributed by atoms with Gasteiger partial charge in [0.15, 0.2) is 0 Å². The van der Waals surface area contributed by atoms with Gasteiger partial charge >= 0.3 is 0 Å². The van der Waals surface area contributed by atoms with Crippen LogP contribution in [0.1, 0.15) is 27.7 Å². The number of fused-ring (bicyclic) bond motifs is 2. The highest BCUT2D eigenvalue weighted by molar-refractivity contribution is 7.33. The molecule has 5 aliphatic heterocycles. The van der Waals surface area contributed by atoms with Gasteiger partial charge in [0, 0.05) is 0 Å². The molecule has 0 aromatic heterocycles. The van der Waals surface area contributed by atoms with Crippen molar-refractivity contribution >= 4 is 20.7 Å². The highest BCUT2D eigenvalue weighted by Crippen LogP contribution is 2.50. The van der Waals surface area contributed by atoms with Gasteiger partial charge < -0.3 is 18.9 Å². The molecule has 4 atom stereocenters. The third kappa shape index (κ3) is 3.12. The lowest BCUT2D eigenvalue weighted by atomic mass is 10.4. The van der Waals surface area contributed by atoms with Gasteiger partial charge in [-0.1, -0.05) is 0 Å². The fraction of sp³-hybridized carbons (Fsp3) is 0.750. The molecule has 0 radical (unpaired) electrons. The van der Waals surface area contributed by atoms with E-state index < -0.39 is 0 Å². The van der Waals surface area contributed by atoms with Crippen LogP contribution in [0.5, 0.6) is 0 Å². The van der Waals surface area contributed by atoms with E-state index in [4.69, 9.17) is 18.9 Å². The fourth-order valence-electron chi connectivity index (χ4n) is 3.00. The molecular weight excluding hydrogens is 343 g/mol. The lowest BCUT2D eigenvalue weighted by Crippen LogP contribution is -2.22. The van der Waals surface area contributed by atoms with Gasteiger partial charge in [-0.15, -0.1) is 0 Å². The first-order chi connectivity index (χ1) is 12.0. The molecule has 0 saturated carbocycles. The summed E-state index contributed by atoms with van der Waals surface area (Å²) < 4.78 is 26.4. The van der Waals surface area contributed by atoms with Gasteiger partial charge in [-0.2, -0.15) is 0 Å². The van der Waals surface area contributed by atoms with Gasteiger partial charge in [-0.3, -0.25) is 9.34 Å². The average Bonchev–Trinajstić information content (AvgIpc) is 3.34. The molecule has 0 unspecified atom stereocenters. The van der Waals surface area contributed by atoms with Gasteiger partial charge in [0.1, 0.15) is 26.4 Å². The highest BCUT2D eigenvalue weighted by atomic mass is 31.1. The van der Waals surface area contributed by atoms with Crippen LogP contribution >= 0.6 is 8.88 Å². The van der Waals surface area contributed by atoms with E-state index >= 15 is 0 Å². The van der Waals surface area contributed by atoms with Crippen molar-refractivity contribution in [1.29, 1.82) is 0 Å². The van der Waals surface area contributed by atoms with Crippen molar-refractivity contribution in [3.8, 4) is 0 Å². The van der Waals surface area contributed by atoms with Crippen molar-refractivity contribution in [3.05, 3.63) is 11.8 Å². The summed E-state index contributed by atoms with van der Waals surface area (Å²) in [6.45, 7) is 11.3. The smallest absolute Gasteiger partial charge is 0.273 e. The zero-order valence-electron chi connectivity index (χ0n) is 15.1. The van der Waals surface area contributed by atoms with Crippen molar-refractivity contribution in [2.45, 2.75) is 51.9 Å². The van der Waals surface area contributed by atoms with Crippen LogP contribution in [0.2, 0.25) is 0 Å². The summed E-state index contributed by atoms with van der Waals surface area (Å²) >= 11 is 0.